The van der Waals surface area contributed by atoms with Crippen LogP contribution in [0.3, 0.4) is 0 Å². The van der Waals surface area contributed by atoms with E-state index in [4.69, 9.17) is 5.73 Å². The third-order valence-corrected chi connectivity index (χ3v) is 2.67. The SMILES string of the molecule is CC[C@@H](N)C(=O)NCc1cccs1. The van der Waals surface area contributed by atoms with Gasteiger partial charge in [-0.1, -0.05) is 13.0 Å². The van der Waals surface area contributed by atoms with E-state index in [1.165, 1.54) is 0 Å². The molecule has 0 radical (unpaired) electrons. The second-order valence-corrected chi connectivity index (χ2v) is 3.84. The lowest BCUT2D eigenvalue weighted by atomic mass is 10.2. The zero-order chi connectivity index (χ0) is 9.68. The molecule has 0 aliphatic heterocycles. The first kappa shape index (κ1) is 10.2. The molecule has 1 aromatic heterocycles. The van der Waals surface area contributed by atoms with Gasteiger partial charge in [0, 0.05) is 4.88 Å². The number of rotatable bonds is 4. The maximum atomic E-state index is 11.2. The minimum atomic E-state index is -0.375. The first-order chi connectivity index (χ1) is 6.24. The highest BCUT2D eigenvalue weighted by atomic mass is 32.1. The summed E-state index contributed by atoms with van der Waals surface area (Å²) in [6, 6.07) is 3.58. The van der Waals surface area contributed by atoms with Crippen LogP contribution in [0.4, 0.5) is 0 Å². The van der Waals surface area contributed by atoms with Crippen molar-refractivity contribution in [2.75, 3.05) is 0 Å². The van der Waals surface area contributed by atoms with E-state index in [1.54, 1.807) is 11.3 Å². The Morgan fingerprint density at radius 2 is 2.54 bits per heavy atom. The number of hydrogen-bond acceptors (Lipinski definition) is 3. The molecule has 0 spiro atoms. The summed E-state index contributed by atoms with van der Waals surface area (Å²) in [7, 11) is 0. The molecule has 3 N–H and O–H groups in total. The van der Waals surface area contributed by atoms with E-state index in [2.05, 4.69) is 5.32 Å². The Labute approximate surface area is 81.9 Å². The number of hydrogen-bond donors (Lipinski definition) is 2. The van der Waals surface area contributed by atoms with Gasteiger partial charge in [0.25, 0.3) is 0 Å². The molecule has 1 atom stereocenters. The minimum Gasteiger partial charge on any atom is -0.350 e. The molecule has 0 saturated carbocycles. The van der Waals surface area contributed by atoms with Crippen LogP contribution in [0.5, 0.6) is 0 Å². The number of carbonyl (C=O) groups excluding carboxylic acids is 1. The predicted octanol–water partition coefficient (Wildman–Crippen LogP) is 1.10. The number of nitrogens with one attached hydrogen (secondary N) is 1. The summed E-state index contributed by atoms with van der Waals surface area (Å²) in [5.41, 5.74) is 5.55. The smallest absolute Gasteiger partial charge is 0.237 e. The van der Waals surface area contributed by atoms with Crippen LogP contribution >= 0.6 is 11.3 Å². The monoisotopic (exact) mass is 198 g/mol. The van der Waals surface area contributed by atoms with E-state index >= 15 is 0 Å². The van der Waals surface area contributed by atoms with Gasteiger partial charge in [0.05, 0.1) is 12.6 Å². The molecule has 1 amide bonds. The maximum absolute atomic E-state index is 11.2. The molecule has 1 aromatic rings. The lowest BCUT2D eigenvalue weighted by molar-refractivity contribution is -0.122. The van der Waals surface area contributed by atoms with Crippen molar-refractivity contribution in [1.29, 1.82) is 0 Å². The second-order valence-electron chi connectivity index (χ2n) is 2.81. The summed E-state index contributed by atoms with van der Waals surface area (Å²) in [6.45, 7) is 2.49. The summed E-state index contributed by atoms with van der Waals surface area (Å²) in [5, 5.41) is 4.77. The van der Waals surface area contributed by atoms with E-state index in [0.717, 1.165) is 4.88 Å². The molecule has 1 heterocycles. The van der Waals surface area contributed by atoms with Gasteiger partial charge in [0.1, 0.15) is 0 Å². The summed E-state index contributed by atoms with van der Waals surface area (Å²) in [6.07, 6.45) is 0.677. The lowest BCUT2D eigenvalue weighted by Gasteiger charge is -2.08. The lowest BCUT2D eigenvalue weighted by Crippen LogP contribution is -2.39. The van der Waals surface area contributed by atoms with Crippen LogP contribution in [-0.2, 0) is 11.3 Å². The predicted molar refractivity (Wildman–Crippen MR) is 54.4 cm³/mol. The van der Waals surface area contributed by atoms with Crippen LogP contribution in [0, 0.1) is 0 Å². The number of nitrogens with two attached hydrogens (primary N) is 1. The normalized spacial score (nSPS) is 12.5. The van der Waals surface area contributed by atoms with Gasteiger partial charge in [-0.15, -0.1) is 11.3 Å². The molecule has 0 fully saturated rings. The molecule has 0 aliphatic rings. The molecule has 0 unspecified atom stereocenters. The quantitative estimate of drug-likeness (QED) is 0.761. The fourth-order valence-electron chi connectivity index (χ4n) is 0.904. The Morgan fingerprint density at radius 3 is 3.08 bits per heavy atom. The van der Waals surface area contributed by atoms with Gasteiger partial charge in [-0.05, 0) is 17.9 Å². The Balaban J connectivity index is 2.31. The standard InChI is InChI=1S/C9H14N2OS/c1-2-8(10)9(12)11-6-7-4-3-5-13-7/h3-5,8H,2,6,10H2,1H3,(H,11,12)/t8-/m1/s1. The van der Waals surface area contributed by atoms with Crippen molar-refractivity contribution in [2.24, 2.45) is 5.73 Å². The Hall–Kier alpha value is -0.870. The van der Waals surface area contributed by atoms with Crippen LogP contribution in [0.1, 0.15) is 18.2 Å². The third kappa shape index (κ3) is 3.16. The summed E-state index contributed by atoms with van der Waals surface area (Å²) in [4.78, 5) is 12.4. The summed E-state index contributed by atoms with van der Waals surface area (Å²) in [5.74, 6) is -0.0732. The Morgan fingerprint density at radius 1 is 1.77 bits per heavy atom. The van der Waals surface area contributed by atoms with Crippen molar-refractivity contribution in [1.82, 2.24) is 5.32 Å². The van der Waals surface area contributed by atoms with Crippen molar-refractivity contribution >= 4 is 17.2 Å². The molecule has 13 heavy (non-hydrogen) atoms. The van der Waals surface area contributed by atoms with Crippen LogP contribution in [0.2, 0.25) is 0 Å². The molecule has 1 rings (SSSR count). The van der Waals surface area contributed by atoms with Crippen LogP contribution in [-0.4, -0.2) is 11.9 Å². The molecular weight excluding hydrogens is 184 g/mol. The van der Waals surface area contributed by atoms with Crippen molar-refractivity contribution in [3.05, 3.63) is 22.4 Å². The Bertz CT molecular complexity index is 259. The largest absolute Gasteiger partial charge is 0.350 e. The highest BCUT2D eigenvalue weighted by Gasteiger charge is 2.09. The summed E-state index contributed by atoms with van der Waals surface area (Å²) < 4.78 is 0. The molecule has 3 nitrogen and oxygen atoms in total. The second kappa shape index (κ2) is 4.99. The van der Waals surface area contributed by atoms with Gasteiger partial charge < -0.3 is 11.1 Å². The number of carbonyl (C=O) groups is 1. The minimum absolute atomic E-state index is 0.0732. The van der Waals surface area contributed by atoms with Crippen molar-refractivity contribution in [3.8, 4) is 0 Å². The van der Waals surface area contributed by atoms with E-state index in [9.17, 15) is 4.79 Å². The van der Waals surface area contributed by atoms with Crippen LogP contribution < -0.4 is 11.1 Å². The van der Waals surface area contributed by atoms with Gasteiger partial charge >= 0.3 is 0 Å². The van der Waals surface area contributed by atoms with Crippen LogP contribution in [0.15, 0.2) is 17.5 Å². The van der Waals surface area contributed by atoms with Gasteiger partial charge in [-0.2, -0.15) is 0 Å². The van der Waals surface area contributed by atoms with Crippen molar-refractivity contribution < 1.29 is 4.79 Å². The fourth-order valence-corrected chi connectivity index (χ4v) is 1.55. The molecule has 0 bridgehead atoms. The van der Waals surface area contributed by atoms with E-state index < -0.39 is 0 Å². The van der Waals surface area contributed by atoms with Gasteiger partial charge in [0.15, 0.2) is 0 Å². The fraction of sp³-hybridized carbons (Fsp3) is 0.444. The number of amides is 1. The zero-order valence-electron chi connectivity index (χ0n) is 7.62. The van der Waals surface area contributed by atoms with E-state index in [0.29, 0.717) is 13.0 Å². The van der Waals surface area contributed by atoms with E-state index in [1.807, 2.05) is 24.4 Å². The molecule has 72 valence electrons. The maximum Gasteiger partial charge on any atom is 0.237 e. The summed E-state index contributed by atoms with van der Waals surface area (Å²) >= 11 is 1.63. The van der Waals surface area contributed by atoms with Gasteiger partial charge in [-0.3, -0.25) is 4.79 Å². The van der Waals surface area contributed by atoms with Crippen LogP contribution in [0.25, 0.3) is 0 Å². The first-order valence-electron chi connectivity index (χ1n) is 4.29. The average molecular weight is 198 g/mol. The van der Waals surface area contributed by atoms with Gasteiger partial charge in [-0.25, -0.2) is 0 Å². The van der Waals surface area contributed by atoms with Crippen molar-refractivity contribution in [2.45, 2.75) is 25.9 Å². The first-order valence-corrected chi connectivity index (χ1v) is 5.17. The highest BCUT2D eigenvalue weighted by Crippen LogP contribution is 2.07. The van der Waals surface area contributed by atoms with Crippen molar-refractivity contribution in [3.63, 3.8) is 0 Å². The van der Waals surface area contributed by atoms with E-state index in [-0.39, 0.29) is 11.9 Å². The molecule has 0 aliphatic carbocycles. The molecule has 0 saturated heterocycles. The highest BCUT2D eigenvalue weighted by molar-refractivity contribution is 7.09. The average Bonchev–Trinajstić information content (AvgIpc) is 2.65. The molecule has 0 aromatic carbocycles. The zero-order valence-corrected chi connectivity index (χ0v) is 8.43. The molecule has 4 heteroatoms. The third-order valence-electron chi connectivity index (χ3n) is 1.79. The topological polar surface area (TPSA) is 55.1 Å². The number of thiophene rings is 1. The molecular formula is C9H14N2OS. The van der Waals surface area contributed by atoms with Gasteiger partial charge in [0.2, 0.25) is 5.91 Å². The Kier molecular flexibility index (Phi) is 3.92.